The molecule has 0 fully saturated rings. The maximum absolute atomic E-state index is 13.7. The fourth-order valence-corrected chi connectivity index (χ4v) is 3.88. The van der Waals surface area contributed by atoms with Crippen LogP contribution in [0.5, 0.6) is 5.75 Å². The Kier molecular flexibility index (Phi) is 7.07. The summed E-state index contributed by atoms with van der Waals surface area (Å²) in [6, 6.07) is 12.8. The highest BCUT2D eigenvalue weighted by molar-refractivity contribution is 5.91. The summed E-state index contributed by atoms with van der Waals surface area (Å²) >= 11 is 0. The molecule has 2 aromatic heterocycles. The van der Waals surface area contributed by atoms with Gasteiger partial charge in [-0.2, -0.15) is 18.2 Å². The van der Waals surface area contributed by atoms with Crippen LogP contribution in [0.4, 0.5) is 17.6 Å². The normalized spacial score (nSPS) is 11.5. The van der Waals surface area contributed by atoms with Crippen molar-refractivity contribution in [2.45, 2.75) is 19.7 Å². The maximum atomic E-state index is 13.7. The van der Waals surface area contributed by atoms with Gasteiger partial charge in [-0.3, -0.25) is 4.79 Å². The van der Waals surface area contributed by atoms with E-state index in [1.165, 1.54) is 24.5 Å². The molecule has 0 radical (unpaired) electrons. The molecule has 0 spiro atoms. The van der Waals surface area contributed by atoms with Crippen molar-refractivity contribution in [2.75, 3.05) is 6.61 Å². The van der Waals surface area contributed by atoms with Gasteiger partial charge in [0.2, 0.25) is 5.82 Å². The van der Waals surface area contributed by atoms with E-state index in [-0.39, 0.29) is 58.2 Å². The minimum absolute atomic E-state index is 0.00815. The van der Waals surface area contributed by atoms with Gasteiger partial charge in [0.05, 0.1) is 28.7 Å². The van der Waals surface area contributed by atoms with Gasteiger partial charge in [0.15, 0.2) is 12.0 Å². The number of nitrogens with zero attached hydrogens (tertiary/aromatic N) is 2. The molecule has 0 bridgehead atoms. The zero-order valence-corrected chi connectivity index (χ0v) is 20.6. The summed E-state index contributed by atoms with van der Waals surface area (Å²) in [6.07, 6.45) is -3.47. The number of ether oxygens (including phenoxy) is 2. The molecule has 0 amide bonds. The van der Waals surface area contributed by atoms with Gasteiger partial charge in [0.25, 0.3) is 5.89 Å². The Bertz CT molecular complexity index is 1780. The van der Waals surface area contributed by atoms with Crippen molar-refractivity contribution in [1.82, 2.24) is 10.1 Å². The van der Waals surface area contributed by atoms with Gasteiger partial charge in [-0.25, -0.2) is 9.18 Å². The Labute approximate surface area is 222 Å². The van der Waals surface area contributed by atoms with Crippen LogP contribution in [-0.4, -0.2) is 22.7 Å². The summed E-state index contributed by atoms with van der Waals surface area (Å²) in [7, 11) is 0. The molecule has 5 aromatic rings. The summed E-state index contributed by atoms with van der Waals surface area (Å²) in [5.74, 6) is -1.65. The Balaban J connectivity index is 1.33. The van der Waals surface area contributed by atoms with Crippen LogP contribution in [0, 0.1) is 5.82 Å². The van der Waals surface area contributed by atoms with Crippen molar-refractivity contribution < 1.29 is 40.8 Å². The molecule has 204 valence electrons. The average molecular weight is 554 g/mol. The van der Waals surface area contributed by atoms with E-state index < -0.39 is 23.5 Å². The molecular formula is C28H18F4N2O6. The number of carbonyl (C=O) groups is 1. The van der Waals surface area contributed by atoms with E-state index in [0.29, 0.717) is 23.3 Å². The highest BCUT2D eigenvalue weighted by Gasteiger charge is 2.32. The lowest BCUT2D eigenvalue weighted by molar-refractivity contribution is -0.137. The minimum atomic E-state index is -4.75. The molecule has 0 N–H and O–H groups in total. The quantitative estimate of drug-likeness (QED) is 0.168. The van der Waals surface area contributed by atoms with Crippen LogP contribution >= 0.6 is 0 Å². The van der Waals surface area contributed by atoms with E-state index in [1.807, 2.05) is 0 Å². The number of esters is 1. The molecule has 0 unspecified atom stereocenters. The zero-order valence-electron chi connectivity index (χ0n) is 20.6. The van der Waals surface area contributed by atoms with Gasteiger partial charge in [0, 0.05) is 11.6 Å². The third-order valence-electron chi connectivity index (χ3n) is 5.74. The Morgan fingerprint density at radius 2 is 1.85 bits per heavy atom. The average Bonchev–Trinajstić information content (AvgIpc) is 3.41. The lowest BCUT2D eigenvalue weighted by atomic mass is 10.0. The lowest BCUT2D eigenvalue weighted by Crippen LogP contribution is -2.07. The topological polar surface area (TPSA) is 105 Å². The second-order valence-electron chi connectivity index (χ2n) is 8.47. The van der Waals surface area contributed by atoms with E-state index in [4.69, 9.17) is 18.4 Å². The first-order valence-corrected chi connectivity index (χ1v) is 11.8. The molecule has 40 heavy (non-hydrogen) atoms. The highest BCUT2D eigenvalue weighted by Crippen LogP contribution is 2.33. The number of aromatic nitrogens is 2. The number of fused-ring (bicyclic) bond motifs is 1. The van der Waals surface area contributed by atoms with E-state index >= 15 is 0 Å². The molecule has 0 aliphatic carbocycles. The number of rotatable bonds is 7. The van der Waals surface area contributed by atoms with Crippen LogP contribution in [0.2, 0.25) is 0 Å². The van der Waals surface area contributed by atoms with Crippen molar-refractivity contribution >= 4 is 16.9 Å². The standard InChI is InChI=1S/C28H18F4N2O6/c1-2-37-27(36)16-5-3-4-15(8-16)22-13-39-23-12-20(6-7-21(23)25(22)35)38-14-24-33-26(40-34-24)17-9-18(28(30,31)32)11-19(29)10-17/h3-13H,2,14H2,1H3. The highest BCUT2D eigenvalue weighted by atomic mass is 19.4. The van der Waals surface area contributed by atoms with Gasteiger partial charge in [-0.15, -0.1) is 0 Å². The SMILES string of the molecule is CCOC(=O)c1cccc(-c2coc3cc(OCc4noc(-c5cc(F)cc(C(F)(F)F)c5)n4)ccc3c2=O)c1. The maximum Gasteiger partial charge on any atom is 0.416 e. The predicted octanol–water partition coefficient (Wildman–Crippen LogP) is 6.42. The Morgan fingerprint density at radius 1 is 1.02 bits per heavy atom. The van der Waals surface area contributed by atoms with E-state index in [1.54, 1.807) is 31.2 Å². The summed E-state index contributed by atoms with van der Waals surface area (Å²) < 4.78 is 74.0. The molecule has 2 heterocycles. The fourth-order valence-electron chi connectivity index (χ4n) is 3.88. The summed E-state index contributed by atoms with van der Waals surface area (Å²) in [5.41, 5.74) is -0.502. The van der Waals surface area contributed by atoms with Gasteiger partial charge < -0.3 is 18.4 Å². The molecule has 0 atom stereocenters. The molecule has 3 aromatic carbocycles. The van der Waals surface area contributed by atoms with Crippen LogP contribution in [0.3, 0.4) is 0 Å². The third kappa shape index (κ3) is 5.55. The van der Waals surface area contributed by atoms with Gasteiger partial charge in [0.1, 0.15) is 23.4 Å². The van der Waals surface area contributed by atoms with E-state index in [9.17, 15) is 27.2 Å². The monoisotopic (exact) mass is 554 g/mol. The minimum Gasteiger partial charge on any atom is -0.485 e. The smallest absolute Gasteiger partial charge is 0.416 e. The molecule has 0 aliphatic heterocycles. The molecule has 0 aliphatic rings. The van der Waals surface area contributed by atoms with E-state index in [0.717, 1.165) is 6.07 Å². The van der Waals surface area contributed by atoms with Crippen molar-refractivity contribution in [3.05, 3.63) is 99.9 Å². The number of alkyl halides is 3. The predicted molar refractivity (Wildman–Crippen MR) is 133 cm³/mol. The van der Waals surface area contributed by atoms with Crippen LogP contribution < -0.4 is 10.2 Å². The largest absolute Gasteiger partial charge is 0.485 e. The van der Waals surface area contributed by atoms with Crippen molar-refractivity contribution in [1.29, 1.82) is 0 Å². The number of hydrogen-bond acceptors (Lipinski definition) is 8. The first-order chi connectivity index (χ1) is 19.1. The van der Waals surface area contributed by atoms with Gasteiger partial charge in [-0.1, -0.05) is 17.3 Å². The van der Waals surface area contributed by atoms with Crippen molar-refractivity contribution in [3.63, 3.8) is 0 Å². The molecular weight excluding hydrogens is 536 g/mol. The zero-order chi connectivity index (χ0) is 28.4. The Hall–Kier alpha value is -5.00. The molecule has 5 rings (SSSR count). The fraction of sp³-hybridized carbons (Fsp3) is 0.143. The van der Waals surface area contributed by atoms with Gasteiger partial charge in [-0.05, 0) is 55.0 Å². The van der Waals surface area contributed by atoms with Crippen LogP contribution in [0.1, 0.15) is 28.7 Å². The molecule has 0 saturated carbocycles. The van der Waals surface area contributed by atoms with Crippen LogP contribution in [0.15, 0.2) is 80.7 Å². The lowest BCUT2D eigenvalue weighted by Gasteiger charge is -2.07. The van der Waals surface area contributed by atoms with Gasteiger partial charge >= 0.3 is 12.1 Å². The number of benzene rings is 3. The molecule has 8 nitrogen and oxygen atoms in total. The molecule has 12 heteroatoms. The molecule has 0 saturated heterocycles. The van der Waals surface area contributed by atoms with Crippen molar-refractivity contribution in [3.8, 4) is 28.3 Å². The summed E-state index contributed by atoms with van der Waals surface area (Å²) in [6.45, 7) is 1.68. The van der Waals surface area contributed by atoms with E-state index in [2.05, 4.69) is 10.1 Å². The number of carbonyl (C=O) groups excluding carboxylic acids is 1. The van der Waals surface area contributed by atoms with Crippen LogP contribution in [-0.2, 0) is 17.5 Å². The second kappa shape index (κ2) is 10.6. The number of halogens is 4. The summed E-state index contributed by atoms with van der Waals surface area (Å²) in [5, 5.41) is 3.92. The van der Waals surface area contributed by atoms with Crippen LogP contribution in [0.25, 0.3) is 33.6 Å². The first-order valence-electron chi connectivity index (χ1n) is 11.8. The van der Waals surface area contributed by atoms with Crippen molar-refractivity contribution in [2.24, 2.45) is 0 Å². The Morgan fingerprint density at radius 3 is 2.62 bits per heavy atom. The first kappa shape index (κ1) is 26.6. The number of hydrogen-bond donors (Lipinski definition) is 0. The third-order valence-corrected chi connectivity index (χ3v) is 5.74. The second-order valence-corrected chi connectivity index (χ2v) is 8.47. The summed E-state index contributed by atoms with van der Waals surface area (Å²) in [4.78, 5) is 29.2.